The van der Waals surface area contributed by atoms with Gasteiger partial charge in [-0.2, -0.15) is 0 Å². The van der Waals surface area contributed by atoms with Crippen LogP contribution in [0.15, 0.2) is 27.8 Å². The second-order valence-electron chi connectivity index (χ2n) is 6.18. The molecular weight excluding hydrogens is 418 g/mol. The number of carbonyl (C=O) groups is 1. The Morgan fingerprint density at radius 1 is 1.27 bits per heavy atom. The average Bonchev–Trinajstić information content (AvgIpc) is 3.05. The van der Waals surface area contributed by atoms with E-state index in [-0.39, 0.29) is 11.7 Å². The highest BCUT2D eigenvalue weighted by Crippen LogP contribution is 2.32. The van der Waals surface area contributed by atoms with Crippen LogP contribution in [-0.4, -0.2) is 74.6 Å². The van der Waals surface area contributed by atoms with Crippen molar-refractivity contribution in [2.45, 2.75) is 18.6 Å². The van der Waals surface area contributed by atoms with Crippen molar-refractivity contribution in [2.24, 2.45) is 0 Å². The summed E-state index contributed by atoms with van der Waals surface area (Å²) in [6, 6.07) is 5.21. The summed E-state index contributed by atoms with van der Waals surface area (Å²) >= 11 is 4.81. The van der Waals surface area contributed by atoms with Crippen molar-refractivity contribution in [3.8, 4) is 17.1 Å². The molecule has 0 saturated carbocycles. The summed E-state index contributed by atoms with van der Waals surface area (Å²) in [4.78, 5) is 16.6. The molecule has 1 N–H and O–H groups in total. The second kappa shape index (κ2) is 8.41. The van der Waals surface area contributed by atoms with Gasteiger partial charge in [-0.25, -0.2) is 0 Å². The summed E-state index contributed by atoms with van der Waals surface area (Å²) in [5, 5.41) is 19.3. The fraction of sp³-hybridized carbons (Fsp3) is 0.471. The molecule has 1 aromatic carbocycles. The molecule has 1 saturated heterocycles. The molecule has 2 aromatic rings. The number of carbonyl (C=O) groups excluding carboxylic acids is 1. The zero-order chi connectivity index (χ0) is 18.7. The van der Waals surface area contributed by atoms with E-state index in [0.29, 0.717) is 28.8 Å². The number of phenolic OH excluding ortho intramolecular Hbond substituents is 1. The van der Waals surface area contributed by atoms with E-state index in [1.54, 1.807) is 12.1 Å². The number of nitrogens with zero attached hydrogens (tertiary/aromatic N) is 5. The van der Waals surface area contributed by atoms with E-state index in [1.165, 1.54) is 11.8 Å². The van der Waals surface area contributed by atoms with E-state index in [2.05, 4.69) is 38.1 Å². The van der Waals surface area contributed by atoms with Crippen LogP contribution in [0.2, 0.25) is 0 Å². The number of likely N-dealkylation sites (N-methyl/N-ethyl adjacent to an activating group) is 1. The fourth-order valence-corrected chi connectivity index (χ4v) is 4.11. The Labute approximate surface area is 165 Å². The maximum absolute atomic E-state index is 12.4. The van der Waals surface area contributed by atoms with Gasteiger partial charge >= 0.3 is 0 Å². The van der Waals surface area contributed by atoms with Gasteiger partial charge in [-0.3, -0.25) is 4.79 Å². The van der Waals surface area contributed by atoms with E-state index in [4.69, 9.17) is 0 Å². The summed E-state index contributed by atoms with van der Waals surface area (Å²) in [6.45, 7) is 6.01. The van der Waals surface area contributed by atoms with Crippen LogP contribution in [0.3, 0.4) is 0 Å². The van der Waals surface area contributed by atoms with E-state index < -0.39 is 0 Å². The molecule has 0 unspecified atom stereocenters. The smallest absolute Gasteiger partial charge is 0.233 e. The summed E-state index contributed by atoms with van der Waals surface area (Å²) < 4.78 is 2.78. The zero-order valence-electron chi connectivity index (χ0n) is 14.9. The highest BCUT2D eigenvalue weighted by Gasteiger charge is 2.21. The SMILES string of the molecule is CCn1c(SCC(=O)N2CCN(C)CC2)nnc1-c1cc(Br)ccc1O. The van der Waals surface area contributed by atoms with Gasteiger partial charge in [-0.15, -0.1) is 10.2 Å². The number of hydrogen-bond acceptors (Lipinski definition) is 6. The minimum Gasteiger partial charge on any atom is -0.507 e. The van der Waals surface area contributed by atoms with Crippen LogP contribution in [0.5, 0.6) is 5.75 Å². The van der Waals surface area contributed by atoms with E-state index in [0.717, 1.165) is 30.7 Å². The second-order valence-corrected chi connectivity index (χ2v) is 8.04. The summed E-state index contributed by atoms with van der Waals surface area (Å²) in [5.41, 5.74) is 0.617. The number of thioether (sulfide) groups is 1. The molecular formula is C17H22BrN5O2S. The molecule has 140 valence electrons. The lowest BCUT2D eigenvalue weighted by Gasteiger charge is -2.32. The Balaban J connectivity index is 1.72. The standard InChI is InChI=1S/C17H22BrN5O2S/c1-3-23-16(13-10-12(18)4-5-14(13)24)19-20-17(23)26-11-15(25)22-8-6-21(2)7-9-22/h4-5,10,24H,3,6-9,11H2,1-2H3. The Morgan fingerprint density at radius 3 is 2.69 bits per heavy atom. The van der Waals surface area contributed by atoms with Gasteiger partial charge in [-0.1, -0.05) is 27.7 Å². The van der Waals surface area contributed by atoms with Gasteiger partial charge in [0, 0.05) is 37.2 Å². The number of phenols is 1. The Bertz CT molecular complexity index is 789. The highest BCUT2D eigenvalue weighted by molar-refractivity contribution is 9.10. The minimum atomic E-state index is 0.126. The molecule has 1 amide bonds. The van der Waals surface area contributed by atoms with Crippen molar-refractivity contribution in [2.75, 3.05) is 39.0 Å². The van der Waals surface area contributed by atoms with Crippen molar-refractivity contribution in [3.05, 3.63) is 22.7 Å². The first-order chi connectivity index (χ1) is 12.5. The summed E-state index contributed by atoms with van der Waals surface area (Å²) in [6.07, 6.45) is 0. The summed E-state index contributed by atoms with van der Waals surface area (Å²) in [5.74, 6) is 1.22. The molecule has 0 radical (unpaired) electrons. The number of aromatic hydroxyl groups is 1. The minimum absolute atomic E-state index is 0.126. The molecule has 1 fully saturated rings. The average molecular weight is 440 g/mol. The number of benzene rings is 1. The van der Waals surface area contributed by atoms with Gasteiger partial charge in [0.15, 0.2) is 11.0 Å². The lowest BCUT2D eigenvalue weighted by molar-refractivity contribution is -0.129. The van der Waals surface area contributed by atoms with Crippen LogP contribution in [0.4, 0.5) is 0 Å². The maximum Gasteiger partial charge on any atom is 0.233 e. The first-order valence-corrected chi connectivity index (χ1v) is 10.3. The normalized spacial score (nSPS) is 15.4. The number of hydrogen-bond donors (Lipinski definition) is 1. The first kappa shape index (κ1) is 19.2. The molecule has 1 aliphatic rings. The molecule has 0 spiro atoms. The van der Waals surface area contributed by atoms with Crippen molar-refractivity contribution >= 4 is 33.6 Å². The number of rotatable bonds is 5. The highest BCUT2D eigenvalue weighted by atomic mass is 79.9. The van der Waals surface area contributed by atoms with Crippen molar-refractivity contribution in [3.63, 3.8) is 0 Å². The van der Waals surface area contributed by atoms with Crippen LogP contribution in [0.25, 0.3) is 11.4 Å². The van der Waals surface area contributed by atoms with E-state index in [1.807, 2.05) is 22.5 Å². The molecule has 1 aromatic heterocycles. The molecule has 0 atom stereocenters. The monoisotopic (exact) mass is 439 g/mol. The van der Waals surface area contributed by atoms with Gasteiger partial charge < -0.3 is 19.5 Å². The predicted molar refractivity (Wildman–Crippen MR) is 105 cm³/mol. The molecule has 0 bridgehead atoms. The number of halogens is 1. The largest absolute Gasteiger partial charge is 0.507 e. The number of aromatic nitrogens is 3. The lowest BCUT2D eigenvalue weighted by Crippen LogP contribution is -2.47. The van der Waals surface area contributed by atoms with Crippen LogP contribution in [0, 0.1) is 0 Å². The third-order valence-corrected chi connectivity index (χ3v) is 5.86. The number of piperazine rings is 1. The Morgan fingerprint density at radius 2 is 2.00 bits per heavy atom. The third-order valence-electron chi connectivity index (χ3n) is 4.41. The van der Waals surface area contributed by atoms with Gasteiger partial charge in [0.2, 0.25) is 5.91 Å². The fourth-order valence-electron chi connectivity index (χ4n) is 2.84. The number of amides is 1. The van der Waals surface area contributed by atoms with Gasteiger partial charge in [0.1, 0.15) is 5.75 Å². The molecule has 3 rings (SSSR count). The molecule has 26 heavy (non-hydrogen) atoms. The zero-order valence-corrected chi connectivity index (χ0v) is 17.3. The molecule has 0 aliphatic carbocycles. The lowest BCUT2D eigenvalue weighted by atomic mass is 10.2. The Hall–Kier alpha value is -1.58. The van der Waals surface area contributed by atoms with Gasteiger partial charge in [0.25, 0.3) is 0 Å². The van der Waals surface area contributed by atoms with E-state index in [9.17, 15) is 9.90 Å². The predicted octanol–water partition coefficient (Wildman–Crippen LogP) is 2.30. The van der Waals surface area contributed by atoms with Gasteiger partial charge in [0.05, 0.1) is 11.3 Å². The van der Waals surface area contributed by atoms with Crippen LogP contribution in [-0.2, 0) is 11.3 Å². The van der Waals surface area contributed by atoms with Crippen LogP contribution in [0.1, 0.15) is 6.92 Å². The maximum atomic E-state index is 12.4. The topological polar surface area (TPSA) is 74.5 Å². The van der Waals surface area contributed by atoms with Crippen molar-refractivity contribution in [1.82, 2.24) is 24.6 Å². The van der Waals surface area contributed by atoms with Crippen molar-refractivity contribution in [1.29, 1.82) is 0 Å². The van der Waals surface area contributed by atoms with E-state index >= 15 is 0 Å². The first-order valence-electron chi connectivity index (χ1n) is 8.50. The van der Waals surface area contributed by atoms with Crippen LogP contribution >= 0.6 is 27.7 Å². The van der Waals surface area contributed by atoms with Crippen LogP contribution < -0.4 is 0 Å². The quantitative estimate of drug-likeness (QED) is 0.720. The Kier molecular flexibility index (Phi) is 6.20. The van der Waals surface area contributed by atoms with Crippen molar-refractivity contribution < 1.29 is 9.90 Å². The molecule has 1 aliphatic heterocycles. The molecule has 2 heterocycles. The summed E-state index contributed by atoms with van der Waals surface area (Å²) in [7, 11) is 2.07. The van der Waals surface area contributed by atoms with Gasteiger partial charge in [-0.05, 0) is 32.2 Å². The molecule has 9 heteroatoms. The third kappa shape index (κ3) is 4.21. The molecule has 7 nitrogen and oxygen atoms in total.